The molecule has 3 atom stereocenters. The minimum absolute atomic E-state index is 0.0170. The quantitative estimate of drug-likeness (QED) is 0.823. The average Bonchev–Trinajstić information content (AvgIpc) is 2.83. The van der Waals surface area contributed by atoms with Crippen molar-refractivity contribution in [2.24, 2.45) is 11.8 Å². The lowest BCUT2D eigenvalue weighted by atomic mass is 9.78. The summed E-state index contributed by atoms with van der Waals surface area (Å²) >= 11 is 0. The van der Waals surface area contributed by atoms with Crippen LogP contribution in [0.4, 0.5) is 0 Å². The molecule has 2 aliphatic rings. The van der Waals surface area contributed by atoms with Gasteiger partial charge in [0.25, 0.3) is 11.8 Å². The van der Waals surface area contributed by atoms with E-state index in [0.29, 0.717) is 35.8 Å². The molecule has 0 aromatic heterocycles. The van der Waals surface area contributed by atoms with Gasteiger partial charge in [0.05, 0.1) is 11.1 Å². The van der Waals surface area contributed by atoms with Crippen LogP contribution < -0.4 is 5.32 Å². The molecule has 0 radical (unpaired) electrons. The third kappa shape index (κ3) is 3.67. The minimum atomic E-state index is -0.250. The van der Waals surface area contributed by atoms with Crippen LogP contribution in [0.15, 0.2) is 18.2 Å². The van der Waals surface area contributed by atoms with Gasteiger partial charge in [-0.1, -0.05) is 38.3 Å². The molecular weight excluding hydrogens is 328 g/mol. The molecule has 1 N–H and O–H groups in total. The molecule has 1 heterocycles. The van der Waals surface area contributed by atoms with Crippen LogP contribution in [0.5, 0.6) is 0 Å². The first-order chi connectivity index (χ1) is 12.4. The van der Waals surface area contributed by atoms with E-state index < -0.39 is 0 Å². The van der Waals surface area contributed by atoms with Crippen LogP contribution in [0.1, 0.15) is 72.2 Å². The van der Waals surface area contributed by atoms with E-state index in [1.54, 1.807) is 12.1 Å². The Morgan fingerprint density at radius 1 is 1.15 bits per heavy atom. The van der Waals surface area contributed by atoms with Gasteiger partial charge in [0.2, 0.25) is 5.91 Å². The molecule has 5 heteroatoms. The van der Waals surface area contributed by atoms with Crippen molar-refractivity contribution in [2.75, 3.05) is 6.54 Å². The number of rotatable bonds is 5. The van der Waals surface area contributed by atoms with Crippen molar-refractivity contribution in [3.05, 3.63) is 34.9 Å². The van der Waals surface area contributed by atoms with Crippen LogP contribution in [0, 0.1) is 18.8 Å². The molecule has 3 rings (SSSR count). The van der Waals surface area contributed by atoms with E-state index in [9.17, 15) is 14.4 Å². The predicted molar refractivity (Wildman–Crippen MR) is 99.9 cm³/mol. The Morgan fingerprint density at radius 3 is 2.65 bits per heavy atom. The van der Waals surface area contributed by atoms with Gasteiger partial charge in [-0.2, -0.15) is 0 Å². The molecule has 0 spiro atoms. The first-order valence-electron chi connectivity index (χ1n) is 9.64. The third-order valence-electron chi connectivity index (χ3n) is 5.96. The number of fused-ring (bicyclic) bond motifs is 1. The number of hydrogen-bond donors (Lipinski definition) is 1. The SMILES string of the molecule is Cc1ccc2c(c1)C(=O)N(CCCC(=O)N[C@@H]1CCC[C@H](C)[C@H]1C)C2=O. The lowest BCUT2D eigenvalue weighted by Gasteiger charge is -2.34. The predicted octanol–water partition coefficient (Wildman–Crippen LogP) is 3.31. The number of hydrogen-bond acceptors (Lipinski definition) is 3. The van der Waals surface area contributed by atoms with Gasteiger partial charge in [-0.15, -0.1) is 0 Å². The molecule has 1 aliphatic carbocycles. The summed E-state index contributed by atoms with van der Waals surface area (Å²) in [7, 11) is 0. The first-order valence-corrected chi connectivity index (χ1v) is 9.64. The number of imide groups is 1. The number of amides is 3. The average molecular weight is 356 g/mol. The zero-order valence-corrected chi connectivity index (χ0v) is 15.9. The highest BCUT2D eigenvalue weighted by Gasteiger charge is 2.35. The summed E-state index contributed by atoms with van der Waals surface area (Å²) in [5.41, 5.74) is 1.90. The standard InChI is InChI=1S/C21H28N2O3/c1-13-9-10-16-17(12-13)21(26)23(20(16)25)11-5-8-19(24)22-18-7-4-6-14(2)15(18)3/h9-10,12,14-15,18H,4-8,11H2,1-3H3,(H,22,24)/t14-,15+,18+/m0/s1. The number of carbonyl (C=O) groups is 3. The Balaban J connectivity index is 1.50. The Labute approximate surface area is 155 Å². The second kappa shape index (κ2) is 7.60. The zero-order chi connectivity index (χ0) is 18.8. The van der Waals surface area contributed by atoms with Crippen molar-refractivity contribution < 1.29 is 14.4 Å². The molecule has 0 unspecified atom stereocenters. The maximum absolute atomic E-state index is 12.4. The van der Waals surface area contributed by atoms with Gasteiger partial charge >= 0.3 is 0 Å². The molecule has 5 nitrogen and oxygen atoms in total. The fourth-order valence-electron chi connectivity index (χ4n) is 4.07. The van der Waals surface area contributed by atoms with Crippen molar-refractivity contribution in [1.29, 1.82) is 0 Å². The van der Waals surface area contributed by atoms with Gasteiger partial charge in [0, 0.05) is 19.0 Å². The van der Waals surface area contributed by atoms with E-state index in [4.69, 9.17) is 0 Å². The smallest absolute Gasteiger partial charge is 0.261 e. The number of aryl methyl sites for hydroxylation is 1. The summed E-state index contributed by atoms with van der Waals surface area (Å²) in [6.07, 6.45) is 4.25. The summed E-state index contributed by atoms with van der Waals surface area (Å²) < 4.78 is 0. The Bertz CT molecular complexity index is 728. The molecule has 1 fully saturated rings. The molecule has 1 aromatic rings. The lowest BCUT2D eigenvalue weighted by molar-refractivity contribution is -0.122. The van der Waals surface area contributed by atoms with E-state index in [2.05, 4.69) is 19.2 Å². The molecule has 26 heavy (non-hydrogen) atoms. The third-order valence-corrected chi connectivity index (χ3v) is 5.96. The summed E-state index contributed by atoms with van der Waals surface area (Å²) in [6, 6.07) is 5.55. The highest BCUT2D eigenvalue weighted by Crippen LogP contribution is 2.29. The van der Waals surface area contributed by atoms with E-state index in [1.807, 2.05) is 13.0 Å². The topological polar surface area (TPSA) is 66.5 Å². The molecule has 1 aliphatic heterocycles. The molecule has 3 amide bonds. The van der Waals surface area contributed by atoms with Crippen LogP contribution in [0.2, 0.25) is 0 Å². The van der Waals surface area contributed by atoms with E-state index >= 15 is 0 Å². The van der Waals surface area contributed by atoms with Crippen LogP contribution >= 0.6 is 0 Å². The summed E-state index contributed by atoms with van der Waals surface area (Å²) in [5.74, 6) is 0.649. The number of nitrogens with zero attached hydrogens (tertiary/aromatic N) is 1. The second-order valence-corrected chi connectivity index (χ2v) is 7.86. The number of carbonyl (C=O) groups excluding carboxylic acids is 3. The van der Waals surface area contributed by atoms with Crippen LogP contribution in [0.3, 0.4) is 0 Å². The largest absolute Gasteiger partial charge is 0.353 e. The minimum Gasteiger partial charge on any atom is -0.353 e. The highest BCUT2D eigenvalue weighted by molar-refractivity contribution is 6.21. The fraction of sp³-hybridized carbons (Fsp3) is 0.571. The fourth-order valence-corrected chi connectivity index (χ4v) is 4.07. The molecule has 1 saturated carbocycles. The molecule has 0 bridgehead atoms. The first kappa shape index (κ1) is 18.6. The maximum atomic E-state index is 12.4. The molecule has 1 aromatic carbocycles. The van der Waals surface area contributed by atoms with E-state index in [0.717, 1.165) is 18.4 Å². The maximum Gasteiger partial charge on any atom is 0.261 e. The van der Waals surface area contributed by atoms with Gasteiger partial charge in [-0.25, -0.2) is 0 Å². The van der Waals surface area contributed by atoms with Crippen LogP contribution in [0.25, 0.3) is 0 Å². The van der Waals surface area contributed by atoms with E-state index in [1.165, 1.54) is 11.3 Å². The monoisotopic (exact) mass is 356 g/mol. The van der Waals surface area contributed by atoms with Crippen molar-refractivity contribution in [3.8, 4) is 0 Å². The van der Waals surface area contributed by atoms with Gasteiger partial charge in [-0.3, -0.25) is 19.3 Å². The van der Waals surface area contributed by atoms with E-state index in [-0.39, 0.29) is 30.3 Å². The van der Waals surface area contributed by atoms with Crippen molar-refractivity contribution >= 4 is 17.7 Å². The van der Waals surface area contributed by atoms with Gasteiger partial charge < -0.3 is 5.32 Å². The number of nitrogens with one attached hydrogen (secondary N) is 1. The van der Waals surface area contributed by atoms with Gasteiger partial charge in [0.1, 0.15) is 0 Å². The number of benzene rings is 1. The lowest BCUT2D eigenvalue weighted by Crippen LogP contribution is -2.43. The highest BCUT2D eigenvalue weighted by atomic mass is 16.2. The zero-order valence-electron chi connectivity index (χ0n) is 15.9. The summed E-state index contributed by atoms with van der Waals surface area (Å²) in [4.78, 5) is 38.4. The molecule has 0 saturated heterocycles. The van der Waals surface area contributed by atoms with Crippen LogP contribution in [-0.4, -0.2) is 35.2 Å². The summed E-state index contributed by atoms with van der Waals surface area (Å²) in [6.45, 7) is 6.64. The van der Waals surface area contributed by atoms with Crippen molar-refractivity contribution in [1.82, 2.24) is 10.2 Å². The Morgan fingerprint density at radius 2 is 1.88 bits per heavy atom. The summed E-state index contributed by atoms with van der Waals surface area (Å²) in [5, 5.41) is 3.14. The normalized spacial score (nSPS) is 25.3. The van der Waals surface area contributed by atoms with Crippen molar-refractivity contribution in [2.45, 2.75) is 58.9 Å². The van der Waals surface area contributed by atoms with Gasteiger partial charge in [-0.05, 0) is 43.7 Å². The van der Waals surface area contributed by atoms with Crippen LogP contribution in [-0.2, 0) is 4.79 Å². The Kier molecular flexibility index (Phi) is 5.44. The van der Waals surface area contributed by atoms with Gasteiger partial charge in [0.15, 0.2) is 0 Å². The molecular formula is C21H28N2O3. The molecule has 140 valence electrons. The second-order valence-electron chi connectivity index (χ2n) is 7.86. The Hall–Kier alpha value is -2.17. The van der Waals surface area contributed by atoms with Crippen molar-refractivity contribution in [3.63, 3.8) is 0 Å².